The SMILES string of the molecule is COc1ccc(C2OC2(C)C(=O)[O-])cc1. The summed E-state index contributed by atoms with van der Waals surface area (Å²) in [7, 11) is 1.58. The van der Waals surface area contributed by atoms with Crippen LogP contribution in [-0.4, -0.2) is 18.7 Å². The lowest BCUT2D eigenvalue weighted by Crippen LogP contribution is -2.36. The van der Waals surface area contributed by atoms with E-state index in [1.165, 1.54) is 6.92 Å². The van der Waals surface area contributed by atoms with E-state index in [9.17, 15) is 9.90 Å². The third-order valence-electron chi connectivity index (χ3n) is 2.63. The number of methoxy groups -OCH3 is 1. The van der Waals surface area contributed by atoms with Crippen molar-refractivity contribution in [2.75, 3.05) is 7.11 Å². The van der Waals surface area contributed by atoms with Gasteiger partial charge in [0.15, 0.2) is 0 Å². The Bertz CT molecular complexity index is 384. The van der Waals surface area contributed by atoms with E-state index in [1.54, 1.807) is 31.4 Å². The molecule has 2 rings (SSSR count). The Kier molecular flexibility index (Phi) is 2.16. The normalized spacial score (nSPS) is 28.5. The van der Waals surface area contributed by atoms with Crippen molar-refractivity contribution in [3.05, 3.63) is 29.8 Å². The van der Waals surface area contributed by atoms with Crippen molar-refractivity contribution < 1.29 is 19.4 Å². The second kappa shape index (κ2) is 3.24. The smallest absolute Gasteiger partial charge is 0.136 e. The van der Waals surface area contributed by atoms with Gasteiger partial charge in [-0.05, 0) is 24.6 Å². The van der Waals surface area contributed by atoms with Crippen LogP contribution in [0.5, 0.6) is 5.75 Å². The quantitative estimate of drug-likeness (QED) is 0.668. The number of aliphatic carboxylic acids is 1. The molecule has 1 aliphatic heterocycles. The first kappa shape index (κ1) is 9.98. The summed E-state index contributed by atoms with van der Waals surface area (Å²) in [6.07, 6.45) is -0.409. The van der Waals surface area contributed by atoms with Crippen LogP contribution in [0.1, 0.15) is 18.6 Å². The molecule has 1 saturated heterocycles. The average molecular weight is 207 g/mol. The van der Waals surface area contributed by atoms with E-state index in [2.05, 4.69) is 0 Å². The predicted octanol–water partition coefficient (Wildman–Crippen LogP) is 0.275. The fourth-order valence-corrected chi connectivity index (χ4v) is 1.53. The fourth-order valence-electron chi connectivity index (χ4n) is 1.53. The third-order valence-corrected chi connectivity index (χ3v) is 2.63. The molecule has 15 heavy (non-hydrogen) atoms. The highest BCUT2D eigenvalue weighted by Crippen LogP contribution is 2.49. The molecule has 1 aliphatic rings. The van der Waals surface area contributed by atoms with Gasteiger partial charge < -0.3 is 19.4 Å². The van der Waals surface area contributed by atoms with Crippen LogP contribution in [-0.2, 0) is 9.53 Å². The van der Waals surface area contributed by atoms with Gasteiger partial charge in [-0.2, -0.15) is 0 Å². The number of ether oxygens (including phenoxy) is 2. The largest absolute Gasteiger partial charge is 0.547 e. The van der Waals surface area contributed by atoms with Gasteiger partial charge in [-0.1, -0.05) is 12.1 Å². The summed E-state index contributed by atoms with van der Waals surface area (Å²) in [5.41, 5.74) is -0.350. The van der Waals surface area contributed by atoms with Gasteiger partial charge in [0.05, 0.1) is 13.1 Å². The molecule has 1 heterocycles. The molecular weight excluding hydrogens is 196 g/mol. The lowest BCUT2D eigenvalue weighted by atomic mass is 10.0. The van der Waals surface area contributed by atoms with Crippen molar-refractivity contribution in [1.82, 2.24) is 0 Å². The number of rotatable bonds is 3. The molecule has 0 aromatic heterocycles. The summed E-state index contributed by atoms with van der Waals surface area (Å²) >= 11 is 0. The number of carboxylic acid groups (broad SMARTS) is 1. The first-order valence-corrected chi connectivity index (χ1v) is 4.61. The Balaban J connectivity index is 2.16. The molecule has 0 radical (unpaired) electrons. The minimum absolute atomic E-state index is 0.409. The molecule has 80 valence electrons. The summed E-state index contributed by atoms with van der Waals surface area (Å²) < 4.78 is 10.1. The zero-order valence-corrected chi connectivity index (χ0v) is 8.52. The van der Waals surface area contributed by atoms with E-state index >= 15 is 0 Å². The average Bonchev–Trinajstić information content (AvgIpc) is 2.93. The number of carbonyl (C=O) groups excluding carboxylic acids is 1. The van der Waals surface area contributed by atoms with Crippen LogP contribution in [0.2, 0.25) is 0 Å². The maximum atomic E-state index is 10.7. The van der Waals surface area contributed by atoms with Crippen LogP contribution in [0.4, 0.5) is 0 Å². The maximum Gasteiger partial charge on any atom is 0.136 e. The Morgan fingerprint density at radius 2 is 2.07 bits per heavy atom. The van der Waals surface area contributed by atoms with Gasteiger partial charge in [-0.3, -0.25) is 0 Å². The van der Waals surface area contributed by atoms with E-state index < -0.39 is 17.7 Å². The molecule has 0 N–H and O–H groups in total. The molecule has 4 nitrogen and oxygen atoms in total. The zero-order chi connectivity index (χ0) is 11.1. The van der Waals surface area contributed by atoms with Gasteiger partial charge in [-0.25, -0.2) is 0 Å². The summed E-state index contributed by atoms with van der Waals surface area (Å²) in [6.45, 7) is 1.51. The van der Waals surface area contributed by atoms with Gasteiger partial charge in [0.25, 0.3) is 0 Å². The molecule has 2 unspecified atom stereocenters. The summed E-state index contributed by atoms with van der Waals surface area (Å²) in [6, 6.07) is 7.12. The minimum atomic E-state index is -1.18. The van der Waals surface area contributed by atoms with E-state index in [1.807, 2.05) is 0 Å². The molecule has 0 amide bonds. The number of benzene rings is 1. The summed E-state index contributed by atoms with van der Waals surface area (Å²) in [5.74, 6) is -0.446. The Labute approximate surface area is 87.4 Å². The first-order chi connectivity index (χ1) is 7.08. The molecule has 2 atom stereocenters. The van der Waals surface area contributed by atoms with Crippen molar-refractivity contribution in [1.29, 1.82) is 0 Å². The van der Waals surface area contributed by atoms with Gasteiger partial charge in [0.2, 0.25) is 0 Å². The van der Waals surface area contributed by atoms with E-state index in [4.69, 9.17) is 9.47 Å². The van der Waals surface area contributed by atoms with E-state index in [-0.39, 0.29) is 0 Å². The number of hydrogen-bond donors (Lipinski definition) is 0. The van der Waals surface area contributed by atoms with Crippen LogP contribution in [0, 0.1) is 0 Å². The zero-order valence-electron chi connectivity index (χ0n) is 8.52. The summed E-state index contributed by atoms with van der Waals surface area (Å²) in [5, 5.41) is 10.7. The predicted molar refractivity (Wildman–Crippen MR) is 50.2 cm³/mol. The van der Waals surface area contributed by atoms with E-state index in [0.717, 1.165) is 11.3 Å². The molecule has 0 aliphatic carbocycles. The topological polar surface area (TPSA) is 61.9 Å². The van der Waals surface area contributed by atoms with Crippen molar-refractivity contribution in [2.24, 2.45) is 0 Å². The van der Waals surface area contributed by atoms with Crippen molar-refractivity contribution >= 4 is 5.97 Å². The fraction of sp³-hybridized carbons (Fsp3) is 0.364. The molecule has 1 aromatic carbocycles. The van der Waals surface area contributed by atoms with Gasteiger partial charge in [0.1, 0.15) is 17.5 Å². The molecule has 1 fully saturated rings. The minimum Gasteiger partial charge on any atom is -0.547 e. The van der Waals surface area contributed by atoms with Crippen LogP contribution in [0.15, 0.2) is 24.3 Å². The number of carboxylic acids is 1. The number of carbonyl (C=O) groups is 1. The van der Waals surface area contributed by atoms with Crippen LogP contribution >= 0.6 is 0 Å². The molecule has 0 spiro atoms. The lowest BCUT2D eigenvalue weighted by molar-refractivity contribution is -0.312. The summed E-state index contributed by atoms with van der Waals surface area (Å²) in [4.78, 5) is 10.7. The van der Waals surface area contributed by atoms with Crippen molar-refractivity contribution in [2.45, 2.75) is 18.6 Å². The highest BCUT2D eigenvalue weighted by Gasteiger charge is 2.54. The molecule has 1 aromatic rings. The molecular formula is C11H11O4-. The van der Waals surface area contributed by atoms with Crippen LogP contribution in [0.25, 0.3) is 0 Å². The highest BCUT2D eigenvalue weighted by atomic mass is 16.6. The molecule has 0 bridgehead atoms. The van der Waals surface area contributed by atoms with Crippen molar-refractivity contribution in [3.63, 3.8) is 0 Å². The van der Waals surface area contributed by atoms with Crippen LogP contribution in [0.3, 0.4) is 0 Å². The highest BCUT2D eigenvalue weighted by molar-refractivity contribution is 5.79. The third kappa shape index (κ3) is 1.57. The Morgan fingerprint density at radius 3 is 2.47 bits per heavy atom. The number of epoxide rings is 1. The molecule has 0 saturated carbocycles. The van der Waals surface area contributed by atoms with Crippen LogP contribution < -0.4 is 9.84 Å². The van der Waals surface area contributed by atoms with Gasteiger partial charge >= 0.3 is 0 Å². The Hall–Kier alpha value is -1.55. The maximum absolute atomic E-state index is 10.7. The monoisotopic (exact) mass is 207 g/mol. The van der Waals surface area contributed by atoms with Gasteiger partial charge in [0, 0.05) is 0 Å². The standard InChI is InChI=1S/C11H12O4/c1-11(10(12)13)9(15-11)7-3-5-8(14-2)6-4-7/h3-6,9H,1-2H3,(H,12,13)/p-1. The second-order valence-electron chi connectivity index (χ2n) is 3.67. The van der Waals surface area contributed by atoms with E-state index in [0.29, 0.717) is 0 Å². The Morgan fingerprint density at radius 1 is 1.47 bits per heavy atom. The second-order valence-corrected chi connectivity index (χ2v) is 3.67. The van der Waals surface area contributed by atoms with Gasteiger partial charge in [-0.15, -0.1) is 0 Å². The number of hydrogen-bond acceptors (Lipinski definition) is 4. The molecule has 4 heteroatoms. The van der Waals surface area contributed by atoms with Crippen molar-refractivity contribution in [3.8, 4) is 5.75 Å². The lowest BCUT2D eigenvalue weighted by Gasteiger charge is -2.07. The first-order valence-electron chi connectivity index (χ1n) is 4.61.